The van der Waals surface area contributed by atoms with Crippen LogP contribution in [0, 0.1) is 0 Å². The number of aromatic nitrogens is 2. The van der Waals surface area contributed by atoms with Gasteiger partial charge in [-0.25, -0.2) is 8.42 Å². The Bertz CT molecular complexity index is 1070. The molecule has 0 bridgehead atoms. The highest BCUT2D eigenvalue weighted by atomic mass is 32.2. The molecule has 0 spiro atoms. The average Bonchev–Trinajstić information content (AvgIpc) is 3.25. The minimum absolute atomic E-state index is 0.321. The third-order valence-electron chi connectivity index (χ3n) is 5.11. The van der Waals surface area contributed by atoms with Crippen LogP contribution in [0.4, 0.5) is 5.69 Å². The summed E-state index contributed by atoms with van der Waals surface area (Å²) >= 11 is 1.19. The number of rotatable bonds is 5. The lowest BCUT2D eigenvalue weighted by atomic mass is 10.2. The zero-order valence-corrected chi connectivity index (χ0v) is 16.8. The second-order valence-electron chi connectivity index (χ2n) is 7.07. The highest BCUT2D eigenvalue weighted by Crippen LogP contribution is 2.41. The Balaban J connectivity index is 1.30. The van der Waals surface area contributed by atoms with Crippen LogP contribution in [-0.2, 0) is 10.0 Å². The molecule has 1 saturated heterocycles. The fraction of sp³-hybridized carbons (Fsp3) is 0.368. The van der Waals surface area contributed by atoms with Crippen molar-refractivity contribution in [3.05, 3.63) is 48.4 Å². The summed E-state index contributed by atoms with van der Waals surface area (Å²) in [6, 6.07) is 13.5. The predicted molar refractivity (Wildman–Crippen MR) is 107 cm³/mol. The van der Waals surface area contributed by atoms with E-state index in [0.717, 1.165) is 18.5 Å². The molecule has 28 heavy (non-hydrogen) atoms. The molecule has 0 unspecified atom stereocenters. The number of nitrogens with zero attached hydrogens (tertiary/aromatic N) is 4. The van der Waals surface area contributed by atoms with Gasteiger partial charge in [-0.1, -0.05) is 18.2 Å². The Labute approximate surface area is 167 Å². The smallest absolute Gasteiger partial charge is 0.257 e. The monoisotopic (exact) mass is 416 g/mol. The van der Waals surface area contributed by atoms with Crippen LogP contribution in [0.25, 0.3) is 10.8 Å². The number of thiophene rings is 1. The van der Waals surface area contributed by atoms with Crippen LogP contribution in [0.5, 0.6) is 0 Å². The molecule has 0 amide bonds. The first-order valence-electron chi connectivity index (χ1n) is 9.35. The van der Waals surface area contributed by atoms with Crippen molar-refractivity contribution >= 4 is 27.0 Å². The molecule has 0 N–H and O–H groups in total. The van der Waals surface area contributed by atoms with Crippen molar-refractivity contribution in [2.75, 3.05) is 31.1 Å². The lowest BCUT2D eigenvalue weighted by Crippen LogP contribution is -2.48. The van der Waals surface area contributed by atoms with E-state index in [0.29, 0.717) is 53.0 Å². The summed E-state index contributed by atoms with van der Waals surface area (Å²) in [5.41, 5.74) is 1.13. The SMILES string of the molecule is O=S(=O)(c1ccc(-c2nnc(C3CC3)o2)s1)N1CCN(c2ccccc2)CC1. The van der Waals surface area contributed by atoms with Gasteiger partial charge >= 0.3 is 0 Å². The van der Waals surface area contributed by atoms with Gasteiger partial charge < -0.3 is 9.32 Å². The summed E-state index contributed by atoms with van der Waals surface area (Å²) in [6.07, 6.45) is 2.17. The lowest BCUT2D eigenvalue weighted by molar-refractivity contribution is 0.386. The van der Waals surface area contributed by atoms with Gasteiger partial charge in [0.1, 0.15) is 4.21 Å². The Kier molecular flexibility index (Phi) is 4.45. The van der Waals surface area contributed by atoms with Crippen molar-refractivity contribution < 1.29 is 12.8 Å². The quantitative estimate of drug-likeness (QED) is 0.636. The fourth-order valence-electron chi connectivity index (χ4n) is 3.36. The zero-order chi connectivity index (χ0) is 19.1. The molecule has 1 aliphatic carbocycles. The number of piperazine rings is 1. The van der Waals surface area contributed by atoms with Crippen LogP contribution >= 0.6 is 11.3 Å². The minimum Gasteiger partial charge on any atom is -0.420 e. The van der Waals surface area contributed by atoms with E-state index < -0.39 is 10.0 Å². The first kappa shape index (κ1) is 17.8. The van der Waals surface area contributed by atoms with Gasteiger partial charge in [-0.05, 0) is 37.1 Å². The minimum atomic E-state index is -3.52. The first-order valence-corrected chi connectivity index (χ1v) is 11.6. The Morgan fingerprint density at radius 1 is 0.964 bits per heavy atom. The van der Waals surface area contributed by atoms with Crippen LogP contribution in [0.15, 0.2) is 51.1 Å². The van der Waals surface area contributed by atoms with E-state index in [4.69, 9.17) is 4.42 Å². The van der Waals surface area contributed by atoms with E-state index in [-0.39, 0.29) is 0 Å². The van der Waals surface area contributed by atoms with E-state index in [2.05, 4.69) is 27.2 Å². The van der Waals surface area contributed by atoms with Gasteiger partial charge in [-0.2, -0.15) is 4.31 Å². The van der Waals surface area contributed by atoms with Gasteiger partial charge in [0.2, 0.25) is 5.89 Å². The maximum Gasteiger partial charge on any atom is 0.257 e. The van der Waals surface area contributed by atoms with Gasteiger partial charge in [-0.15, -0.1) is 21.5 Å². The van der Waals surface area contributed by atoms with E-state index >= 15 is 0 Å². The molecule has 3 heterocycles. The molecule has 146 valence electrons. The number of sulfonamides is 1. The van der Waals surface area contributed by atoms with E-state index in [9.17, 15) is 8.42 Å². The van der Waals surface area contributed by atoms with Crippen molar-refractivity contribution in [1.82, 2.24) is 14.5 Å². The predicted octanol–water partition coefficient (Wildman–Crippen LogP) is 3.19. The summed E-state index contributed by atoms with van der Waals surface area (Å²) in [6.45, 7) is 2.29. The third kappa shape index (κ3) is 3.34. The molecule has 1 aliphatic heterocycles. The van der Waals surface area contributed by atoms with Crippen molar-refractivity contribution in [2.24, 2.45) is 0 Å². The average molecular weight is 417 g/mol. The highest BCUT2D eigenvalue weighted by molar-refractivity contribution is 7.91. The van der Waals surface area contributed by atoms with Gasteiger partial charge in [0.15, 0.2) is 0 Å². The molecule has 0 atom stereocenters. The second kappa shape index (κ2) is 6.98. The molecule has 5 rings (SSSR count). The molecule has 3 aromatic rings. The van der Waals surface area contributed by atoms with Crippen LogP contribution in [0.1, 0.15) is 24.7 Å². The summed E-state index contributed by atoms with van der Waals surface area (Å²) in [5.74, 6) is 1.44. The number of anilines is 1. The summed E-state index contributed by atoms with van der Waals surface area (Å²) in [5, 5.41) is 8.16. The molecule has 1 aromatic carbocycles. The maximum atomic E-state index is 13.0. The normalized spacial score (nSPS) is 18.5. The van der Waals surface area contributed by atoms with Crippen molar-refractivity contribution in [3.63, 3.8) is 0 Å². The highest BCUT2D eigenvalue weighted by Gasteiger charge is 2.32. The van der Waals surface area contributed by atoms with Gasteiger partial charge in [-0.3, -0.25) is 0 Å². The Morgan fingerprint density at radius 2 is 1.71 bits per heavy atom. The molecule has 2 aliphatic rings. The van der Waals surface area contributed by atoms with Crippen LogP contribution in [0.3, 0.4) is 0 Å². The van der Waals surface area contributed by atoms with Crippen LogP contribution < -0.4 is 4.90 Å². The summed E-state index contributed by atoms with van der Waals surface area (Å²) in [4.78, 5) is 2.91. The maximum absolute atomic E-state index is 13.0. The fourth-order valence-corrected chi connectivity index (χ4v) is 6.16. The largest absolute Gasteiger partial charge is 0.420 e. The molecule has 0 radical (unpaired) electrons. The first-order chi connectivity index (χ1) is 13.6. The van der Waals surface area contributed by atoms with E-state index in [1.807, 2.05) is 18.2 Å². The topological polar surface area (TPSA) is 79.5 Å². The number of para-hydroxylation sites is 1. The molecule has 1 saturated carbocycles. The molecule has 2 fully saturated rings. The Hall–Kier alpha value is -2.23. The molecular formula is C19H20N4O3S2. The van der Waals surface area contributed by atoms with Crippen LogP contribution in [0.2, 0.25) is 0 Å². The standard InChI is InChI=1S/C19H20N4O3S2/c24-28(25,23-12-10-22(11-13-23)15-4-2-1-3-5-15)17-9-8-16(27-17)19-21-20-18(26-19)14-6-7-14/h1-5,8-9,14H,6-7,10-13H2. The molecular weight excluding hydrogens is 396 g/mol. The Morgan fingerprint density at radius 3 is 2.43 bits per heavy atom. The molecule has 9 heteroatoms. The summed E-state index contributed by atoms with van der Waals surface area (Å²) < 4.78 is 33.7. The van der Waals surface area contributed by atoms with Crippen molar-refractivity contribution in [3.8, 4) is 10.8 Å². The van der Waals surface area contributed by atoms with Crippen molar-refractivity contribution in [2.45, 2.75) is 23.0 Å². The lowest BCUT2D eigenvalue weighted by Gasteiger charge is -2.35. The molecule has 7 nitrogen and oxygen atoms in total. The van der Waals surface area contributed by atoms with E-state index in [1.54, 1.807) is 16.4 Å². The number of hydrogen-bond donors (Lipinski definition) is 0. The molecule has 2 aromatic heterocycles. The van der Waals surface area contributed by atoms with Crippen LogP contribution in [-0.4, -0.2) is 49.1 Å². The van der Waals surface area contributed by atoms with Gasteiger partial charge in [0.25, 0.3) is 15.9 Å². The van der Waals surface area contributed by atoms with Crippen molar-refractivity contribution in [1.29, 1.82) is 0 Å². The number of benzene rings is 1. The van der Waals surface area contributed by atoms with E-state index in [1.165, 1.54) is 11.3 Å². The second-order valence-corrected chi connectivity index (χ2v) is 10.3. The zero-order valence-electron chi connectivity index (χ0n) is 15.2. The third-order valence-corrected chi connectivity index (χ3v) is 8.55. The van der Waals surface area contributed by atoms with Gasteiger partial charge in [0, 0.05) is 37.8 Å². The summed E-state index contributed by atoms with van der Waals surface area (Å²) in [7, 11) is -3.52. The number of hydrogen-bond acceptors (Lipinski definition) is 7. The van der Waals surface area contributed by atoms with Gasteiger partial charge in [0.05, 0.1) is 4.88 Å².